The van der Waals surface area contributed by atoms with E-state index in [9.17, 15) is 14.7 Å². The fourth-order valence-corrected chi connectivity index (χ4v) is 3.11. The predicted octanol–water partition coefficient (Wildman–Crippen LogP) is 2.92. The Morgan fingerprint density at radius 2 is 2.21 bits per heavy atom. The Morgan fingerprint density at radius 3 is 2.74 bits per heavy atom. The Labute approximate surface area is 113 Å². The van der Waals surface area contributed by atoms with E-state index in [1.165, 1.54) is 11.3 Å². The van der Waals surface area contributed by atoms with Crippen LogP contribution in [0.4, 0.5) is 0 Å². The van der Waals surface area contributed by atoms with Gasteiger partial charge in [-0.2, -0.15) is 0 Å². The van der Waals surface area contributed by atoms with Crippen LogP contribution >= 0.6 is 11.3 Å². The third-order valence-corrected chi connectivity index (χ3v) is 4.25. The van der Waals surface area contributed by atoms with E-state index in [1.807, 2.05) is 30.5 Å². The third kappa shape index (κ3) is 2.00. The van der Waals surface area contributed by atoms with Crippen LogP contribution in [0.1, 0.15) is 34.9 Å². The molecule has 0 spiro atoms. The van der Waals surface area contributed by atoms with E-state index in [0.717, 1.165) is 23.4 Å². The topological polar surface area (TPSA) is 59.3 Å². The van der Waals surface area contributed by atoms with Gasteiger partial charge in [0.05, 0.1) is 0 Å². The molecule has 2 aromatic heterocycles. The Balaban J connectivity index is 2.31. The van der Waals surface area contributed by atoms with Crippen LogP contribution in [0.25, 0.3) is 10.4 Å². The average molecular weight is 275 g/mol. The molecule has 0 amide bonds. The summed E-state index contributed by atoms with van der Waals surface area (Å²) in [6, 6.07) is 5.69. The number of thiophene rings is 1. The molecule has 0 aliphatic heterocycles. The van der Waals surface area contributed by atoms with Crippen LogP contribution in [0.15, 0.2) is 28.4 Å². The second kappa shape index (κ2) is 4.35. The number of hydrogen-bond acceptors (Lipinski definition) is 3. The van der Waals surface area contributed by atoms with Crippen LogP contribution in [0, 0.1) is 6.92 Å². The molecule has 1 aliphatic carbocycles. The first-order valence-electron chi connectivity index (χ1n) is 6.13. The smallest absolute Gasteiger partial charge is 0.342 e. The molecular formula is C14H13NO3S. The lowest BCUT2D eigenvalue weighted by Gasteiger charge is -2.13. The summed E-state index contributed by atoms with van der Waals surface area (Å²) in [5, 5.41) is 11.2. The summed E-state index contributed by atoms with van der Waals surface area (Å²) in [6.45, 7) is 1.86. The number of nitrogens with zero attached hydrogens (tertiary/aromatic N) is 1. The van der Waals surface area contributed by atoms with E-state index in [4.69, 9.17) is 0 Å². The minimum Gasteiger partial charge on any atom is -0.477 e. The zero-order chi connectivity index (χ0) is 13.6. The fourth-order valence-electron chi connectivity index (χ4n) is 2.37. The highest BCUT2D eigenvalue weighted by Gasteiger charge is 2.29. The van der Waals surface area contributed by atoms with Crippen LogP contribution in [-0.4, -0.2) is 15.6 Å². The van der Waals surface area contributed by atoms with E-state index in [-0.39, 0.29) is 17.2 Å². The summed E-state index contributed by atoms with van der Waals surface area (Å²) < 4.78 is 1.63. The predicted molar refractivity (Wildman–Crippen MR) is 74.0 cm³/mol. The second-order valence-electron chi connectivity index (χ2n) is 4.76. The van der Waals surface area contributed by atoms with Gasteiger partial charge in [-0.1, -0.05) is 6.07 Å². The molecule has 0 atom stereocenters. The molecule has 1 aliphatic rings. The highest BCUT2D eigenvalue weighted by atomic mass is 32.1. The van der Waals surface area contributed by atoms with Crippen LogP contribution in [0.2, 0.25) is 0 Å². The van der Waals surface area contributed by atoms with Crippen molar-refractivity contribution in [3.05, 3.63) is 45.2 Å². The maximum absolute atomic E-state index is 12.4. The van der Waals surface area contributed by atoms with Gasteiger partial charge in [0, 0.05) is 22.2 Å². The van der Waals surface area contributed by atoms with Gasteiger partial charge in [-0.05, 0) is 37.3 Å². The number of aromatic carboxylic acids is 1. The van der Waals surface area contributed by atoms with Crippen molar-refractivity contribution in [2.24, 2.45) is 0 Å². The standard InChI is InChI=1S/C14H13NO3S/c1-8-7-10(11-3-2-6-19-11)12(14(17)18)13(16)15(8)9-4-5-9/h2-3,6-7,9H,4-5H2,1H3,(H,17,18). The average Bonchev–Trinajstić information content (AvgIpc) is 3.02. The van der Waals surface area contributed by atoms with Gasteiger partial charge < -0.3 is 9.67 Å². The van der Waals surface area contributed by atoms with Gasteiger partial charge >= 0.3 is 5.97 Å². The third-order valence-electron chi connectivity index (χ3n) is 3.35. The van der Waals surface area contributed by atoms with Crippen LogP contribution in [0.5, 0.6) is 0 Å². The largest absolute Gasteiger partial charge is 0.477 e. The zero-order valence-electron chi connectivity index (χ0n) is 10.4. The maximum atomic E-state index is 12.4. The monoisotopic (exact) mass is 275 g/mol. The molecule has 3 rings (SSSR count). The first-order valence-corrected chi connectivity index (χ1v) is 7.01. The number of rotatable bonds is 3. The van der Waals surface area contributed by atoms with Gasteiger partial charge in [0.2, 0.25) is 0 Å². The van der Waals surface area contributed by atoms with Gasteiger partial charge in [-0.25, -0.2) is 4.79 Å². The van der Waals surface area contributed by atoms with E-state index in [1.54, 1.807) is 4.57 Å². The minimum absolute atomic E-state index is 0.111. The van der Waals surface area contributed by atoms with Crippen molar-refractivity contribution in [3.63, 3.8) is 0 Å². The fraction of sp³-hybridized carbons (Fsp3) is 0.286. The van der Waals surface area contributed by atoms with Gasteiger partial charge in [-0.15, -0.1) is 11.3 Å². The first kappa shape index (κ1) is 12.2. The van der Waals surface area contributed by atoms with Crippen LogP contribution < -0.4 is 5.56 Å². The summed E-state index contributed by atoms with van der Waals surface area (Å²) in [5.41, 5.74) is 0.876. The second-order valence-corrected chi connectivity index (χ2v) is 5.71. The summed E-state index contributed by atoms with van der Waals surface area (Å²) in [6.07, 6.45) is 1.91. The normalized spacial score (nSPS) is 14.6. The molecule has 19 heavy (non-hydrogen) atoms. The molecule has 5 heteroatoms. The number of aromatic nitrogens is 1. The maximum Gasteiger partial charge on any atom is 0.342 e. The van der Waals surface area contributed by atoms with Crippen LogP contribution in [0.3, 0.4) is 0 Å². The molecular weight excluding hydrogens is 262 g/mol. The Morgan fingerprint density at radius 1 is 1.47 bits per heavy atom. The van der Waals surface area contributed by atoms with Gasteiger partial charge in [0.1, 0.15) is 5.56 Å². The quantitative estimate of drug-likeness (QED) is 0.937. The number of aryl methyl sites for hydroxylation is 1. The molecule has 1 saturated carbocycles. The van der Waals surface area contributed by atoms with Gasteiger partial charge in [0.15, 0.2) is 0 Å². The summed E-state index contributed by atoms with van der Waals surface area (Å²) in [4.78, 5) is 24.7. The van der Waals surface area contributed by atoms with Crippen molar-refractivity contribution < 1.29 is 9.90 Å². The molecule has 1 N–H and O–H groups in total. The van der Waals surface area contributed by atoms with Crippen molar-refractivity contribution in [1.29, 1.82) is 0 Å². The number of pyridine rings is 1. The molecule has 2 aromatic rings. The molecule has 98 valence electrons. The lowest BCUT2D eigenvalue weighted by Crippen LogP contribution is -2.28. The number of hydrogen-bond donors (Lipinski definition) is 1. The van der Waals surface area contributed by atoms with Crippen molar-refractivity contribution >= 4 is 17.3 Å². The highest BCUT2D eigenvalue weighted by Crippen LogP contribution is 2.36. The number of carboxylic acids is 1. The Hall–Kier alpha value is -1.88. The molecule has 0 radical (unpaired) electrons. The van der Waals surface area contributed by atoms with Crippen molar-refractivity contribution in [2.45, 2.75) is 25.8 Å². The summed E-state index contributed by atoms with van der Waals surface area (Å²) in [5.74, 6) is -1.15. The highest BCUT2D eigenvalue weighted by molar-refractivity contribution is 7.13. The molecule has 0 saturated heterocycles. The Bertz CT molecular complexity index is 696. The lowest BCUT2D eigenvalue weighted by atomic mass is 10.1. The SMILES string of the molecule is Cc1cc(-c2cccs2)c(C(=O)O)c(=O)n1C1CC1. The Kier molecular flexibility index (Phi) is 2.78. The van der Waals surface area contributed by atoms with Crippen molar-refractivity contribution in [3.8, 4) is 10.4 Å². The van der Waals surface area contributed by atoms with Gasteiger partial charge in [0.25, 0.3) is 5.56 Å². The van der Waals surface area contributed by atoms with E-state index in [2.05, 4.69) is 0 Å². The van der Waals surface area contributed by atoms with E-state index in [0.29, 0.717) is 5.56 Å². The molecule has 0 bridgehead atoms. The minimum atomic E-state index is -1.15. The van der Waals surface area contributed by atoms with Crippen molar-refractivity contribution in [1.82, 2.24) is 4.57 Å². The number of carbonyl (C=O) groups is 1. The number of carboxylic acid groups (broad SMARTS) is 1. The first-order chi connectivity index (χ1) is 9.09. The summed E-state index contributed by atoms with van der Waals surface area (Å²) in [7, 11) is 0. The molecule has 1 fully saturated rings. The van der Waals surface area contributed by atoms with Crippen molar-refractivity contribution in [2.75, 3.05) is 0 Å². The summed E-state index contributed by atoms with van der Waals surface area (Å²) >= 11 is 1.44. The molecule has 0 unspecified atom stereocenters. The van der Waals surface area contributed by atoms with E-state index < -0.39 is 5.97 Å². The van der Waals surface area contributed by atoms with Crippen LogP contribution in [-0.2, 0) is 0 Å². The van der Waals surface area contributed by atoms with E-state index >= 15 is 0 Å². The molecule has 0 aromatic carbocycles. The zero-order valence-corrected chi connectivity index (χ0v) is 11.2. The molecule has 4 nitrogen and oxygen atoms in total. The molecule has 2 heterocycles. The lowest BCUT2D eigenvalue weighted by molar-refractivity contribution is 0.0695. The van der Waals surface area contributed by atoms with Gasteiger partial charge in [-0.3, -0.25) is 4.79 Å².